The second kappa shape index (κ2) is 15.6. The van der Waals surface area contributed by atoms with E-state index in [4.69, 9.17) is 9.47 Å². The van der Waals surface area contributed by atoms with E-state index in [1.807, 2.05) is 0 Å². The van der Waals surface area contributed by atoms with Crippen molar-refractivity contribution in [1.82, 2.24) is 0 Å². The van der Waals surface area contributed by atoms with Gasteiger partial charge in [-0.15, -0.1) is 40.5 Å². The number of rotatable bonds is 19. The molecule has 1 aromatic rings. The number of ether oxygens (including phenoxy) is 2. The lowest BCUT2D eigenvalue weighted by Crippen LogP contribution is -2.25. The zero-order valence-electron chi connectivity index (χ0n) is 19.2. The van der Waals surface area contributed by atoms with Crippen molar-refractivity contribution < 1.29 is 58.8 Å². The van der Waals surface area contributed by atoms with E-state index in [0.717, 1.165) is 0 Å². The van der Waals surface area contributed by atoms with Crippen LogP contribution in [0.2, 0.25) is 0 Å². The Morgan fingerprint density at radius 2 is 1.13 bits per heavy atom. The van der Waals surface area contributed by atoms with Gasteiger partial charge in [-0.2, -0.15) is 0 Å². The number of carbonyl (C=O) groups excluding carboxylic acids is 2. The van der Waals surface area contributed by atoms with Crippen molar-refractivity contribution in [2.24, 2.45) is 11.8 Å². The van der Waals surface area contributed by atoms with Crippen LogP contribution in [0.3, 0.4) is 0 Å². The van der Waals surface area contributed by atoms with Crippen LogP contribution in [0.4, 0.5) is 0 Å². The molecule has 0 aliphatic rings. The van der Waals surface area contributed by atoms with E-state index >= 15 is 0 Å². The number of nitrogens with zero attached hydrogens (tertiary/aromatic N) is 4. The van der Waals surface area contributed by atoms with Gasteiger partial charge in [0, 0.05) is 17.4 Å². The van der Waals surface area contributed by atoms with Crippen molar-refractivity contribution in [3.8, 4) is 11.5 Å². The molecule has 1 aromatic carbocycles. The summed E-state index contributed by atoms with van der Waals surface area (Å²) in [4.78, 5) is 82.4. The minimum atomic E-state index is -1.15. The highest BCUT2D eigenvalue weighted by Crippen LogP contribution is 2.27. The number of benzene rings is 1. The molecule has 20 heteroatoms. The average molecular weight is 548 g/mol. The minimum Gasteiger partial charge on any atom is -0.426 e. The molecule has 1 rings (SSSR count). The molecule has 208 valence electrons. The summed E-state index contributed by atoms with van der Waals surface area (Å²) in [5, 5.41) is 36.9. The zero-order valence-corrected chi connectivity index (χ0v) is 19.2. The molecule has 0 heterocycles. The quantitative estimate of drug-likeness (QED) is 0.101. The van der Waals surface area contributed by atoms with Crippen LogP contribution in [-0.4, -0.2) is 58.7 Å². The second-order valence-electron chi connectivity index (χ2n) is 7.07. The predicted molar refractivity (Wildman–Crippen MR) is 116 cm³/mol. The Morgan fingerprint density at radius 3 is 1.50 bits per heavy atom. The van der Waals surface area contributed by atoms with E-state index in [0.29, 0.717) is 0 Å². The van der Waals surface area contributed by atoms with E-state index in [2.05, 4.69) is 25.9 Å². The van der Waals surface area contributed by atoms with Gasteiger partial charge in [0.15, 0.2) is 0 Å². The van der Waals surface area contributed by atoms with Gasteiger partial charge >= 0.3 is 11.9 Å². The van der Waals surface area contributed by atoms with Crippen molar-refractivity contribution in [3.63, 3.8) is 0 Å². The molecule has 0 aliphatic carbocycles. The number of hydrogen-bond donors (Lipinski definition) is 0. The van der Waals surface area contributed by atoms with E-state index in [9.17, 15) is 50.0 Å². The van der Waals surface area contributed by atoms with Gasteiger partial charge in [-0.3, -0.25) is 9.59 Å². The normalized spacial score (nSPS) is 10.3. The monoisotopic (exact) mass is 548 g/mol. The maximum absolute atomic E-state index is 12.3. The molecule has 20 nitrogen and oxygen atoms in total. The number of carbonyl (C=O) groups is 2. The Hall–Kier alpha value is -5.30. The van der Waals surface area contributed by atoms with Gasteiger partial charge in [0.25, 0.3) is 20.3 Å². The molecule has 0 fully saturated rings. The maximum atomic E-state index is 12.3. The summed E-state index contributed by atoms with van der Waals surface area (Å²) in [6.07, 6.45) is 0.109. The standard InChI is InChI=1S/C18H20N4O16/c1-2-14-7-15(37-17(23)5-12(8-33-19(25)26)9-34-20(27)28)3-4-16(14)38-18(24)6-13(10-35-21(29)30)11-36-22(31)32/h2-4,7,12-13H,1,5-6,8-11H2. The fourth-order valence-corrected chi connectivity index (χ4v) is 2.65. The molecule has 0 saturated carbocycles. The summed E-state index contributed by atoms with van der Waals surface area (Å²) in [5.74, 6) is -4.26. The summed E-state index contributed by atoms with van der Waals surface area (Å²) in [6.45, 7) is 0.809. The fourth-order valence-electron chi connectivity index (χ4n) is 2.65. The van der Waals surface area contributed by atoms with Crippen LogP contribution in [0.15, 0.2) is 24.8 Å². The van der Waals surface area contributed by atoms with Gasteiger partial charge in [0.05, 0.1) is 12.8 Å². The Labute approximate surface area is 211 Å². The van der Waals surface area contributed by atoms with Crippen LogP contribution in [0.1, 0.15) is 18.4 Å². The van der Waals surface area contributed by atoms with Gasteiger partial charge < -0.3 is 28.8 Å². The van der Waals surface area contributed by atoms with Crippen molar-refractivity contribution in [2.75, 3.05) is 26.4 Å². The Morgan fingerprint density at radius 1 is 0.737 bits per heavy atom. The first kappa shape index (κ1) is 30.7. The molecule has 0 spiro atoms. The predicted octanol–water partition coefficient (Wildman–Crippen LogP) is 0.986. The Balaban J connectivity index is 2.82. The van der Waals surface area contributed by atoms with Crippen LogP contribution < -0.4 is 9.47 Å². The molecule has 0 radical (unpaired) electrons. The van der Waals surface area contributed by atoms with Gasteiger partial charge in [0.1, 0.15) is 37.9 Å². The highest BCUT2D eigenvalue weighted by Gasteiger charge is 2.22. The maximum Gasteiger partial charge on any atom is 0.311 e. The third-order valence-corrected chi connectivity index (χ3v) is 4.23. The van der Waals surface area contributed by atoms with E-state index in [1.54, 1.807) is 0 Å². The van der Waals surface area contributed by atoms with Crippen LogP contribution in [0.5, 0.6) is 11.5 Å². The molecular formula is C18H20N4O16. The third kappa shape index (κ3) is 13.0. The van der Waals surface area contributed by atoms with Gasteiger partial charge in [0.2, 0.25) is 0 Å². The zero-order chi connectivity index (χ0) is 28.7. The molecule has 38 heavy (non-hydrogen) atoms. The summed E-state index contributed by atoms with van der Waals surface area (Å²) in [7, 11) is 0. The lowest BCUT2D eigenvalue weighted by Gasteiger charge is -2.15. The van der Waals surface area contributed by atoms with Gasteiger partial charge in [-0.25, -0.2) is 0 Å². The van der Waals surface area contributed by atoms with Crippen LogP contribution in [-0.2, 0) is 28.9 Å². The summed E-state index contributed by atoms with van der Waals surface area (Å²) < 4.78 is 10.2. The molecule has 0 saturated heterocycles. The Kier molecular flexibility index (Phi) is 12.7. The minimum absolute atomic E-state index is 0.0782. The van der Waals surface area contributed by atoms with Crippen molar-refractivity contribution in [3.05, 3.63) is 70.8 Å². The third-order valence-electron chi connectivity index (χ3n) is 4.23. The van der Waals surface area contributed by atoms with Crippen LogP contribution >= 0.6 is 0 Å². The van der Waals surface area contributed by atoms with Crippen LogP contribution in [0, 0.1) is 52.3 Å². The van der Waals surface area contributed by atoms with E-state index in [-0.39, 0.29) is 17.1 Å². The van der Waals surface area contributed by atoms with Crippen molar-refractivity contribution in [1.29, 1.82) is 0 Å². The topological polar surface area (TPSA) is 262 Å². The SMILES string of the molecule is C=Cc1cc(OC(=O)CC(CO[N+](=O)[O-])CO[N+](=O)[O-])ccc1OC(=O)CC(CO[N+](=O)[O-])CO[N+](=O)[O-]. The molecule has 0 aliphatic heterocycles. The van der Waals surface area contributed by atoms with Crippen LogP contribution in [0.25, 0.3) is 6.08 Å². The lowest BCUT2D eigenvalue weighted by atomic mass is 10.1. The summed E-state index contributed by atoms with van der Waals surface area (Å²) in [5.41, 5.74) is 0.146. The first-order chi connectivity index (χ1) is 17.9. The van der Waals surface area contributed by atoms with Gasteiger partial charge in [-0.05, 0) is 18.2 Å². The Bertz CT molecular complexity index is 1010. The average Bonchev–Trinajstić information content (AvgIpc) is 2.82. The number of hydrogen-bond acceptors (Lipinski definition) is 16. The fraction of sp³-hybridized carbons (Fsp3) is 0.444. The highest BCUT2D eigenvalue weighted by molar-refractivity contribution is 5.76. The second-order valence-corrected chi connectivity index (χ2v) is 7.07. The van der Waals surface area contributed by atoms with E-state index < -0.39 is 83.4 Å². The summed E-state index contributed by atoms with van der Waals surface area (Å²) >= 11 is 0. The first-order valence-electron chi connectivity index (χ1n) is 10.2. The lowest BCUT2D eigenvalue weighted by molar-refractivity contribution is -0.768. The molecule has 0 atom stereocenters. The highest BCUT2D eigenvalue weighted by atomic mass is 17.0. The summed E-state index contributed by atoms with van der Waals surface area (Å²) in [6, 6.07) is 3.64. The molecular weight excluding hydrogens is 528 g/mol. The van der Waals surface area contributed by atoms with Gasteiger partial charge in [-0.1, -0.05) is 12.7 Å². The number of esters is 2. The largest absolute Gasteiger partial charge is 0.426 e. The molecule has 0 unspecified atom stereocenters. The van der Waals surface area contributed by atoms with Crippen molar-refractivity contribution in [2.45, 2.75) is 12.8 Å². The molecule has 0 aromatic heterocycles. The van der Waals surface area contributed by atoms with E-state index in [1.165, 1.54) is 24.3 Å². The molecule has 0 N–H and O–H groups in total. The molecule has 0 amide bonds. The smallest absolute Gasteiger partial charge is 0.311 e. The molecule has 0 bridgehead atoms. The van der Waals surface area contributed by atoms with Crippen molar-refractivity contribution >= 4 is 18.0 Å². The first-order valence-corrected chi connectivity index (χ1v) is 10.2.